The fourth-order valence-corrected chi connectivity index (χ4v) is 2.08. The largest absolute Gasteiger partial charge is 0.423 e. The molecule has 0 aliphatic carbocycles. The monoisotopic (exact) mass is 345 g/mol. The van der Waals surface area contributed by atoms with Crippen molar-refractivity contribution in [3.8, 4) is 17.4 Å². The van der Waals surface area contributed by atoms with Crippen molar-refractivity contribution in [1.82, 2.24) is 25.5 Å². The highest BCUT2D eigenvalue weighted by atomic mass is 35.5. The highest BCUT2D eigenvalue weighted by molar-refractivity contribution is 5.85. The van der Waals surface area contributed by atoms with Crippen molar-refractivity contribution in [3.05, 3.63) is 60.2 Å². The van der Waals surface area contributed by atoms with Crippen LogP contribution in [0.1, 0.15) is 19.4 Å². The second-order valence-electron chi connectivity index (χ2n) is 5.49. The SMILES string of the molecule is CC(C)NCc1ccc(Oc2nnnn2-c2ccccc2)cc1.Cl. The molecular weight excluding hydrogens is 326 g/mol. The molecule has 7 heteroatoms. The number of aromatic nitrogens is 4. The van der Waals surface area contributed by atoms with Crippen molar-refractivity contribution in [2.75, 3.05) is 0 Å². The van der Waals surface area contributed by atoms with Gasteiger partial charge in [-0.25, -0.2) is 0 Å². The van der Waals surface area contributed by atoms with Crippen LogP contribution in [-0.4, -0.2) is 26.2 Å². The standard InChI is InChI=1S/C17H19N5O.ClH/c1-13(2)18-12-14-8-10-16(11-9-14)23-17-19-20-21-22(17)15-6-4-3-5-7-15;/h3-11,13,18H,12H2,1-2H3;1H. The van der Waals surface area contributed by atoms with Gasteiger partial charge < -0.3 is 10.1 Å². The summed E-state index contributed by atoms with van der Waals surface area (Å²) in [6, 6.07) is 18.3. The molecule has 3 rings (SSSR count). The molecule has 0 aliphatic rings. The van der Waals surface area contributed by atoms with E-state index in [1.54, 1.807) is 4.68 Å². The molecule has 6 nitrogen and oxygen atoms in total. The Balaban J connectivity index is 0.00000208. The molecule has 2 aromatic carbocycles. The predicted molar refractivity (Wildman–Crippen MR) is 94.9 cm³/mol. The van der Waals surface area contributed by atoms with Gasteiger partial charge in [0.2, 0.25) is 0 Å². The lowest BCUT2D eigenvalue weighted by Gasteiger charge is -2.09. The summed E-state index contributed by atoms with van der Waals surface area (Å²) in [7, 11) is 0. The molecule has 1 heterocycles. The van der Waals surface area contributed by atoms with Gasteiger partial charge in [-0.1, -0.05) is 49.3 Å². The zero-order valence-electron chi connectivity index (χ0n) is 13.6. The van der Waals surface area contributed by atoms with E-state index in [2.05, 4.69) is 34.7 Å². The maximum absolute atomic E-state index is 5.79. The van der Waals surface area contributed by atoms with Crippen LogP contribution in [-0.2, 0) is 6.54 Å². The first-order valence-corrected chi connectivity index (χ1v) is 7.56. The Hall–Kier alpha value is -2.44. The van der Waals surface area contributed by atoms with Crippen molar-refractivity contribution in [3.63, 3.8) is 0 Å². The molecule has 1 N–H and O–H groups in total. The van der Waals surface area contributed by atoms with Gasteiger partial charge in [-0.3, -0.25) is 0 Å². The second-order valence-corrected chi connectivity index (χ2v) is 5.49. The van der Waals surface area contributed by atoms with Crippen molar-refractivity contribution >= 4 is 12.4 Å². The number of tetrazole rings is 1. The number of rotatable bonds is 6. The molecule has 24 heavy (non-hydrogen) atoms. The minimum atomic E-state index is 0. The number of nitrogens with zero attached hydrogens (tertiary/aromatic N) is 4. The van der Waals surface area contributed by atoms with Gasteiger partial charge in [-0.15, -0.1) is 12.4 Å². The smallest absolute Gasteiger partial charge is 0.345 e. The molecule has 3 aromatic rings. The van der Waals surface area contributed by atoms with E-state index in [1.165, 1.54) is 5.56 Å². The third-order valence-electron chi connectivity index (χ3n) is 3.29. The summed E-state index contributed by atoms with van der Waals surface area (Å²) in [6.07, 6.45) is 0. The Morgan fingerprint density at radius 3 is 2.42 bits per heavy atom. The van der Waals surface area contributed by atoms with E-state index in [0.717, 1.165) is 12.2 Å². The van der Waals surface area contributed by atoms with Crippen molar-refractivity contribution in [2.45, 2.75) is 26.4 Å². The number of para-hydroxylation sites is 1. The number of nitrogens with one attached hydrogen (secondary N) is 1. The molecular formula is C17H20ClN5O. The predicted octanol–water partition coefficient (Wildman–Crippen LogP) is 3.37. The average Bonchev–Trinajstić information content (AvgIpc) is 3.03. The Morgan fingerprint density at radius 2 is 1.75 bits per heavy atom. The van der Waals surface area contributed by atoms with E-state index in [4.69, 9.17) is 4.74 Å². The van der Waals surface area contributed by atoms with Crippen LogP contribution in [0.15, 0.2) is 54.6 Å². The molecule has 0 saturated carbocycles. The van der Waals surface area contributed by atoms with Crippen molar-refractivity contribution in [1.29, 1.82) is 0 Å². The van der Waals surface area contributed by atoms with Gasteiger partial charge in [0.05, 0.1) is 5.69 Å². The van der Waals surface area contributed by atoms with Crippen LogP contribution in [0.4, 0.5) is 0 Å². The van der Waals surface area contributed by atoms with Crippen LogP contribution >= 0.6 is 12.4 Å². The lowest BCUT2D eigenvalue weighted by atomic mass is 10.2. The van der Waals surface area contributed by atoms with Gasteiger partial charge in [-0.2, -0.15) is 4.68 Å². The van der Waals surface area contributed by atoms with Crippen LogP contribution < -0.4 is 10.1 Å². The summed E-state index contributed by atoms with van der Waals surface area (Å²) in [4.78, 5) is 0. The number of hydrogen-bond acceptors (Lipinski definition) is 5. The third-order valence-corrected chi connectivity index (χ3v) is 3.29. The van der Waals surface area contributed by atoms with Gasteiger partial charge >= 0.3 is 6.01 Å². The van der Waals surface area contributed by atoms with Crippen LogP contribution in [0.2, 0.25) is 0 Å². The first-order chi connectivity index (χ1) is 11.2. The van der Waals surface area contributed by atoms with E-state index in [9.17, 15) is 0 Å². The molecule has 126 valence electrons. The van der Waals surface area contributed by atoms with Gasteiger partial charge in [0.1, 0.15) is 5.75 Å². The summed E-state index contributed by atoms with van der Waals surface area (Å²) in [5.74, 6) is 0.699. The molecule has 0 unspecified atom stereocenters. The molecule has 0 bridgehead atoms. The van der Waals surface area contributed by atoms with E-state index in [-0.39, 0.29) is 12.4 Å². The fourth-order valence-electron chi connectivity index (χ4n) is 2.08. The van der Waals surface area contributed by atoms with E-state index in [0.29, 0.717) is 17.8 Å². The molecule has 0 spiro atoms. The molecule has 1 aromatic heterocycles. The first kappa shape index (κ1) is 17.9. The number of halogens is 1. The Labute approximate surface area is 147 Å². The van der Waals surface area contributed by atoms with Crippen LogP contribution in [0.3, 0.4) is 0 Å². The van der Waals surface area contributed by atoms with Gasteiger partial charge in [0, 0.05) is 12.6 Å². The summed E-state index contributed by atoms with van der Waals surface area (Å²) < 4.78 is 7.35. The summed E-state index contributed by atoms with van der Waals surface area (Å²) in [5, 5.41) is 15.0. The minimum Gasteiger partial charge on any atom is -0.423 e. The quantitative estimate of drug-likeness (QED) is 0.742. The average molecular weight is 346 g/mol. The van der Waals surface area contributed by atoms with Gasteiger partial charge in [0.15, 0.2) is 0 Å². The van der Waals surface area contributed by atoms with Gasteiger partial charge in [-0.05, 0) is 40.3 Å². The topological polar surface area (TPSA) is 64.9 Å². The van der Waals surface area contributed by atoms with Gasteiger partial charge in [0.25, 0.3) is 0 Å². The minimum absolute atomic E-state index is 0. The first-order valence-electron chi connectivity index (χ1n) is 7.56. The Bertz CT molecular complexity index is 743. The normalized spacial score (nSPS) is 10.5. The lowest BCUT2D eigenvalue weighted by molar-refractivity contribution is 0.427. The Morgan fingerprint density at radius 1 is 1.04 bits per heavy atom. The molecule has 0 fully saturated rings. The summed E-state index contributed by atoms with van der Waals surface area (Å²) >= 11 is 0. The maximum Gasteiger partial charge on any atom is 0.345 e. The van der Waals surface area contributed by atoms with Crippen LogP contribution in [0.25, 0.3) is 5.69 Å². The number of hydrogen-bond donors (Lipinski definition) is 1. The second kappa shape index (κ2) is 8.42. The fraction of sp³-hybridized carbons (Fsp3) is 0.235. The Kier molecular flexibility index (Phi) is 6.28. The van der Waals surface area contributed by atoms with Crippen LogP contribution in [0.5, 0.6) is 11.8 Å². The molecule has 0 amide bonds. The summed E-state index contributed by atoms with van der Waals surface area (Å²) in [5.41, 5.74) is 2.05. The lowest BCUT2D eigenvalue weighted by Crippen LogP contribution is -2.21. The zero-order valence-corrected chi connectivity index (χ0v) is 14.4. The van der Waals surface area contributed by atoms with E-state index >= 15 is 0 Å². The number of benzene rings is 2. The summed E-state index contributed by atoms with van der Waals surface area (Å²) in [6.45, 7) is 5.08. The molecule has 0 radical (unpaired) electrons. The number of ether oxygens (including phenoxy) is 1. The highest BCUT2D eigenvalue weighted by Crippen LogP contribution is 2.21. The third kappa shape index (κ3) is 4.53. The maximum atomic E-state index is 5.79. The van der Waals surface area contributed by atoms with E-state index < -0.39 is 0 Å². The molecule has 0 saturated heterocycles. The highest BCUT2D eigenvalue weighted by Gasteiger charge is 2.10. The zero-order chi connectivity index (χ0) is 16.1. The van der Waals surface area contributed by atoms with Crippen molar-refractivity contribution < 1.29 is 4.74 Å². The van der Waals surface area contributed by atoms with E-state index in [1.807, 2.05) is 54.6 Å². The molecule has 0 atom stereocenters. The van der Waals surface area contributed by atoms with Crippen LogP contribution in [0, 0.1) is 0 Å². The van der Waals surface area contributed by atoms with Crippen molar-refractivity contribution in [2.24, 2.45) is 0 Å². The molecule has 0 aliphatic heterocycles.